The molecule has 3 rings (SSSR count). The largest absolute Gasteiger partial charge is 0.420 e. The van der Waals surface area contributed by atoms with Gasteiger partial charge in [0.1, 0.15) is 5.75 Å². The first-order valence-electron chi connectivity index (χ1n) is 5.72. The normalized spacial score (nSPS) is 20.8. The monoisotopic (exact) mass is 260 g/mol. The van der Waals surface area contributed by atoms with Crippen molar-refractivity contribution >= 4 is 12.9 Å². The average Bonchev–Trinajstić information content (AvgIpc) is 2.31. The minimum atomic E-state index is -3.75. The van der Waals surface area contributed by atoms with Crippen LogP contribution in [0.3, 0.4) is 0 Å². The molecule has 0 aliphatic carbocycles. The van der Waals surface area contributed by atoms with Crippen LogP contribution in [0.4, 0.5) is 0 Å². The quantitative estimate of drug-likeness (QED) is 0.740. The summed E-state index contributed by atoms with van der Waals surface area (Å²) in [6, 6.07) is 11.1. The molecule has 1 aliphatic rings. The van der Waals surface area contributed by atoms with Crippen LogP contribution in [0.25, 0.3) is 11.1 Å². The molecular weight excluding hydrogens is 247 g/mol. The van der Waals surface area contributed by atoms with E-state index in [9.17, 15) is 9.46 Å². The summed E-state index contributed by atoms with van der Waals surface area (Å²) < 4.78 is 17.5. The zero-order chi connectivity index (χ0) is 12.9. The smallest absolute Gasteiger partial charge is 0.408 e. The van der Waals surface area contributed by atoms with Gasteiger partial charge in [-0.25, -0.2) is 4.57 Å². The van der Waals surface area contributed by atoms with Crippen LogP contribution >= 0.6 is 7.60 Å². The highest BCUT2D eigenvalue weighted by Crippen LogP contribution is 2.52. The van der Waals surface area contributed by atoms with Gasteiger partial charge in [0.25, 0.3) is 0 Å². The lowest BCUT2D eigenvalue weighted by Gasteiger charge is -2.26. The Balaban J connectivity index is 2.40. The third kappa shape index (κ3) is 1.59. The summed E-state index contributed by atoms with van der Waals surface area (Å²) >= 11 is 0. The molecule has 0 amide bonds. The fraction of sp³-hybridized carbons (Fsp3) is 0.143. The summed E-state index contributed by atoms with van der Waals surface area (Å²) in [6.45, 7) is 3.89. The van der Waals surface area contributed by atoms with Crippen molar-refractivity contribution in [3.8, 4) is 16.9 Å². The molecule has 1 unspecified atom stereocenters. The van der Waals surface area contributed by atoms with Crippen LogP contribution < -0.4 is 9.83 Å². The van der Waals surface area contributed by atoms with Crippen molar-refractivity contribution in [2.45, 2.75) is 13.8 Å². The van der Waals surface area contributed by atoms with E-state index in [0.29, 0.717) is 11.1 Å². The molecule has 2 aromatic carbocycles. The lowest BCUT2D eigenvalue weighted by atomic mass is 9.99. The van der Waals surface area contributed by atoms with Crippen LogP contribution in [0.15, 0.2) is 36.4 Å². The van der Waals surface area contributed by atoms with Gasteiger partial charge in [0.05, 0.1) is 5.30 Å². The Morgan fingerprint density at radius 2 is 1.83 bits per heavy atom. The first kappa shape index (κ1) is 11.5. The average molecular weight is 260 g/mol. The van der Waals surface area contributed by atoms with Crippen molar-refractivity contribution in [3.63, 3.8) is 0 Å². The predicted octanol–water partition coefficient (Wildman–Crippen LogP) is 3.17. The number of hydrogen-bond donors (Lipinski definition) is 1. The van der Waals surface area contributed by atoms with E-state index in [-0.39, 0.29) is 0 Å². The number of rotatable bonds is 0. The highest BCUT2D eigenvalue weighted by atomic mass is 31.2. The maximum Gasteiger partial charge on any atom is 0.408 e. The lowest BCUT2D eigenvalue weighted by Crippen LogP contribution is -2.17. The van der Waals surface area contributed by atoms with Crippen LogP contribution in [0, 0.1) is 13.8 Å². The lowest BCUT2D eigenvalue weighted by molar-refractivity contribution is 0.391. The Morgan fingerprint density at radius 3 is 2.61 bits per heavy atom. The van der Waals surface area contributed by atoms with Crippen molar-refractivity contribution in [2.75, 3.05) is 0 Å². The minimum Gasteiger partial charge on any atom is -0.420 e. The summed E-state index contributed by atoms with van der Waals surface area (Å²) in [6.07, 6.45) is 0. The van der Waals surface area contributed by atoms with Gasteiger partial charge in [-0.1, -0.05) is 24.3 Å². The summed E-state index contributed by atoms with van der Waals surface area (Å²) in [4.78, 5) is 10.0. The Bertz CT molecular complexity index is 691. The van der Waals surface area contributed by atoms with E-state index in [1.807, 2.05) is 38.1 Å². The topological polar surface area (TPSA) is 46.5 Å². The molecule has 18 heavy (non-hydrogen) atoms. The molecule has 0 saturated carbocycles. The van der Waals surface area contributed by atoms with Gasteiger partial charge in [0, 0.05) is 11.1 Å². The van der Waals surface area contributed by atoms with E-state index in [4.69, 9.17) is 4.52 Å². The molecule has 0 saturated heterocycles. The minimum absolute atomic E-state index is 0.377. The van der Waals surface area contributed by atoms with Crippen molar-refractivity contribution in [2.24, 2.45) is 0 Å². The van der Waals surface area contributed by atoms with Gasteiger partial charge < -0.3 is 9.42 Å². The van der Waals surface area contributed by atoms with Crippen LogP contribution in [-0.4, -0.2) is 4.89 Å². The van der Waals surface area contributed by atoms with Crippen molar-refractivity contribution in [3.05, 3.63) is 47.5 Å². The van der Waals surface area contributed by atoms with Gasteiger partial charge in [-0.05, 0) is 37.1 Å². The highest BCUT2D eigenvalue weighted by molar-refractivity contribution is 7.62. The summed E-state index contributed by atoms with van der Waals surface area (Å²) in [5.74, 6) is 0.519. The van der Waals surface area contributed by atoms with E-state index in [2.05, 4.69) is 0 Å². The molecule has 3 nitrogen and oxygen atoms in total. The summed E-state index contributed by atoms with van der Waals surface area (Å²) in [5.41, 5.74) is 3.67. The van der Waals surface area contributed by atoms with E-state index in [1.54, 1.807) is 12.1 Å². The van der Waals surface area contributed by atoms with Crippen LogP contribution in [0.5, 0.6) is 5.75 Å². The Kier molecular flexibility index (Phi) is 2.37. The van der Waals surface area contributed by atoms with E-state index < -0.39 is 7.60 Å². The zero-order valence-electron chi connectivity index (χ0n) is 10.2. The highest BCUT2D eigenvalue weighted by Gasteiger charge is 2.34. The molecule has 1 N–H and O–H groups in total. The second kappa shape index (κ2) is 3.71. The van der Waals surface area contributed by atoms with Crippen molar-refractivity contribution < 1.29 is 14.0 Å². The summed E-state index contributed by atoms with van der Waals surface area (Å²) in [7, 11) is -3.75. The fourth-order valence-electron chi connectivity index (χ4n) is 2.40. The molecule has 1 atom stereocenters. The van der Waals surface area contributed by atoms with E-state index >= 15 is 0 Å². The molecule has 2 aromatic rings. The molecule has 4 heteroatoms. The number of hydrogen-bond acceptors (Lipinski definition) is 2. The molecule has 0 radical (unpaired) electrons. The zero-order valence-corrected chi connectivity index (χ0v) is 11.1. The standard InChI is InChI=1S/C14H13O3P/c1-9-7-10(2)14-12(8-9)11-5-3-4-6-13(11)18(15,16)17-14/h3-8H,1-2H3,(H,15,16). The third-order valence-electron chi connectivity index (χ3n) is 3.13. The Morgan fingerprint density at radius 1 is 1.11 bits per heavy atom. The molecule has 0 aromatic heterocycles. The maximum atomic E-state index is 12.2. The molecular formula is C14H13O3P. The van der Waals surface area contributed by atoms with Gasteiger partial charge in [-0.2, -0.15) is 0 Å². The Labute approximate surface area is 106 Å². The van der Waals surface area contributed by atoms with Gasteiger partial charge in [-0.15, -0.1) is 0 Å². The molecule has 0 bridgehead atoms. The number of fused-ring (bicyclic) bond motifs is 3. The number of benzene rings is 2. The van der Waals surface area contributed by atoms with E-state index in [0.717, 1.165) is 22.3 Å². The molecule has 0 spiro atoms. The second-order valence-corrected chi connectivity index (χ2v) is 6.29. The first-order chi connectivity index (χ1) is 8.49. The molecule has 92 valence electrons. The first-order valence-corrected chi connectivity index (χ1v) is 7.30. The maximum absolute atomic E-state index is 12.2. The Hall–Kier alpha value is -1.57. The van der Waals surface area contributed by atoms with Gasteiger partial charge in [0.2, 0.25) is 0 Å². The molecule has 1 aliphatic heterocycles. The van der Waals surface area contributed by atoms with Gasteiger partial charge in [0.15, 0.2) is 0 Å². The predicted molar refractivity (Wildman–Crippen MR) is 71.4 cm³/mol. The van der Waals surface area contributed by atoms with Crippen molar-refractivity contribution in [1.82, 2.24) is 0 Å². The molecule has 1 heterocycles. The second-order valence-electron chi connectivity index (χ2n) is 4.59. The van der Waals surface area contributed by atoms with Gasteiger partial charge in [-0.3, -0.25) is 0 Å². The van der Waals surface area contributed by atoms with E-state index in [1.165, 1.54) is 0 Å². The molecule has 0 fully saturated rings. The SMILES string of the molecule is Cc1cc(C)c2c(c1)-c1ccccc1P(=O)(O)O2. The fourth-order valence-corrected chi connectivity index (χ4v) is 3.76. The number of aryl methyl sites for hydroxylation is 2. The van der Waals surface area contributed by atoms with Crippen molar-refractivity contribution in [1.29, 1.82) is 0 Å². The van der Waals surface area contributed by atoms with Gasteiger partial charge >= 0.3 is 7.60 Å². The van der Waals surface area contributed by atoms with Crippen LogP contribution in [-0.2, 0) is 4.57 Å². The third-order valence-corrected chi connectivity index (χ3v) is 4.56. The summed E-state index contributed by atoms with van der Waals surface area (Å²) in [5, 5.41) is 0.377. The van der Waals surface area contributed by atoms with Crippen LogP contribution in [0.2, 0.25) is 0 Å². The van der Waals surface area contributed by atoms with Crippen LogP contribution in [0.1, 0.15) is 11.1 Å².